The van der Waals surface area contributed by atoms with Gasteiger partial charge in [0.25, 0.3) is 5.91 Å². The van der Waals surface area contributed by atoms with E-state index in [-0.39, 0.29) is 11.5 Å². The van der Waals surface area contributed by atoms with Crippen LogP contribution in [0.15, 0.2) is 18.2 Å². The fourth-order valence-corrected chi connectivity index (χ4v) is 4.06. The highest BCUT2D eigenvalue weighted by molar-refractivity contribution is 7.88. The highest BCUT2D eigenvalue weighted by atomic mass is 32.2. The third-order valence-electron chi connectivity index (χ3n) is 5.08. The van der Waals surface area contributed by atoms with Gasteiger partial charge in [0.05, 0.1) is 17.8 Å². The highest BCUT2D eigenvalue weighted by Crippen LogP contribution is 2.31. The predicted molar refractivity (Wildman–Crippen MR) is 131 cm³/mol. The van der Waals surface area contributed by atoms with Crippen LogP contribution in [0.5, 0.6) is 5.75 Å². The van der Waals surface area contributed by atoms with Gasteiger partial charge in [0.1, 0.15) is 23.2 Å². The molecule has 0 bridgehead atoms. The lowest BCUT2D eigenvalue weighted by molar-refractivity contribution is 0.0995. The number of carbonyl (C=O) groups is 2. The molecule has 4 N–H and O–H groups in total. The van der Waals surface area contributed by atoms with Gasteiger partial charge in [-0.2, -0.15) is 5.10 Å². The number of hydrogen-bond acceptors (Lipinski definition) is 7. The van der Waals surface area contributed by atoms with E-state index in [4.69, 9.17) is 10.5 Å². The summed E-state index contributed by atoms with van der Waals surface area (Å²) in [5.74, 6) is -0.142. The summed E-state index contributed by atoms with van der Waals surface area (Å²) in [5, 5.41) is 7.22. The first-order valence-electron chi connectivity index (χ1n) is 11.1. The Labute approximate surface area is 201 Å². The number of amides is 2. The zero-order valence-corrected chi connectivity index (χ0v) is 20.7. The molecule has 184 valence electrons. The maximum Gasteiger partial charge on any atom is 0.276 e. The number of benzene rings is 1. The summed E-state index contributed by atoms with van der Waals surface area (Å²) in [4.78, 5) is 29.5. The van der Waals surface area contributed by atoms with E-state index < -0.39 is 17.3 Å². The van der Waals surface area contributed by atoms with Gasteiger partial charge in [-0.15, -0.1) is 4.72 Å². The van der Waals surface area contributed by atoms with E-state index in [1.807, 2.05) is 25.3 Å². The number of nitrogens with one attached hydrogen (secondary N) is 2. The molecular weight excluding hydrogens is 458 g/mol. The average Bonchev–Trinajstić information content (AvgIpc) is 3.33. The van der Waals surface area contributed by atoms with Crippen LogP contribution >= 0.6 is 0 Å². The van der Waals surface area contributed by atoms with Crippen LogP contribution in [0.25, 0.3) is 11.0 Å². The minimum atomic E-state index is -1.10. The van der Waals surface area contributed by atoms with Crippen LogP contribution in [-0.2, 0) is 24.5 Å². The van der Waals surface area contributed by atoms with Crippen LogP contribution in [0.3, 0.4) is 0 Å². The Bertz CT molecular complexity index is 1170. The molecule has 1 atom stereocenters. The van der Waals surface area contributed by atoms with Gasteiger partial charge in [0.2, 0.25) is 11.9 Å². The fourth-order valence-electron chi connectivity index (χ4n) is 3.62. The molecule has 0 saturated heterocycles. The first-order chi connectivity index (χ1) is 16.2. The Hall–Kier alpha value is -3.09. The van der Waals surface area contributed by atoms with Gasteiger partial charge in [0.15, 0.2) is 0 Å². The number of imidazole rings is 1. The minimum Gasteiger partial charge on any atom is -0.598 e. The molecule has 0 spiro atoms. The van der Waals surface area contributed by atoms with Gasteiger partial charge < -0.3 is 19.6 Å². The van der Waals surface area contributed by atoms with Crippen molar-refractivity contribution in [1.82, 2.24) is 24.1 Å². The normalized spacial score (nSPS) is 12.1. The number of hydrogen-bond donors (Lipinski definition) is 3. The smallest absolute Gasteiger partial charge is 0.276 e. The number of anilines is 1. The number of carbonyl (C=O) groups excluding carboxylic acids is 2. The Morgan fingerprint density at radius 1 is 1.26 bits per heavy atom. The molecule has 0 fully saturated rings. The zero-order chi connectivity index (χ0) is 24.8. The van der Waals surface area contributed by atoms with Crippen molar-refractivity contribution in [3.63, 3.8) is 0 Å². The molecule has 0 radical (unpaired) electrons. The van der Waals surface area contributed by atoms with Gasteiger partial charge >= 0.3 is 0 Å². The van der Waals surface area contributed by atoms with E-state index in [1.165, 1.54) is 0 Å². The van der Waals surface area contributed by atoms with Crippen LogP contribution in [0, 0.1) is 6.92 Å². The molecule has 2 heterocycles. The molecule has 1 unspecified atom stereocenters. The van der Waals surface area contributed by atoms with E-state index in [0.717, 1.165) is 12.1 Å². The topological polar surface area (TPSA) is 152 Å². The van der Waals surface area contributed by atoms with Crippen LogP contribution in [0.4, 0.5) is 5.95 Å². The number of nitrogens with two attached hydrogens (primary N) is 1. The van der Waals surface area contributed by atoms with Crippen LogP contribution < -0.4 is 20.5 Å². The number of primary amides is 1. The number of ether oxygens (including phenoxy) is 1. The Kier molecular flexibility index (Phi) is 8.53. The summed E-state index contributed by atoms with van der Waals surface area (Å²) < 4.78 is 23.5. The minimum absolute atomic E-state index is 0.258. The van der Waals surface area contributed by atoms with E-state index in [0.29, 0.717) is 61.1 Å². The molecule has 3 rings (SSSR count). The summed E-state index contributed by atoms with van der Waals surface area (Å²) in [6.45, 7) is 7.73. The molecule has 2 amide bonds. The summed E-state index contributed by atoms with van der Waals surface area (Å²) in [6, 6.07) is 4.91. The van der Waals surface area contributed by atoms with E-state index in [2.05, 4.69) is 20.1 Å². The van der Waals surface area contributed by atoms with Crippen LogP contribution in [-0.4, -0.2) is 55.1 Å². The summed E-state index contributed by atoms with van der Waals surface area (Å²) in [5.41, 5.74) is 8.12. The third kappa shape index (κ3) is 5.88. The maximum absolute atomic E-state index is 13.0. The van der Waals surface area contributed by atoms with Crippen molar-refractivity contribution in [3.05, 3.63) is 35.2 Å². The van der Waals surface area contributed by atoms with Gasteiger partial charge in [-0.05, 0) is 44.9 Å². The van der Waals surface area contributed by atoms with Crippen molar-refractivity contribution in [3.8, 4) is 5.75 Å². The lowest BCUT2D eigenvalue weighted by atomic mass is 10.1. The molecule has 0 saturated carbocycles. The lowest BCUT2D eigenvalue weighted by Gasteiger charge is -2.13. The molecule has 0 aliphatic carbocycles. The fraction of sp³-hybridized carbons (Fsp3) is 0.455. The predicted octanol–water partition coefficient (Wildman–Crippen LogP) is 1.97. The standard InChI is InChI=1S/C22H31N7O4S/c1-5-9-28-19-16(25-22(28)26-21(31)17-11-14(3)27-29(17)6-2)12-15(20(23)30)13-18(19)33-10-7-8-24-34(4)32/h11-13,24H,5-10H2,1-4H3,(H2,23,30)(H,25,26,31). The summed E-state index contributed by atoms with van der Waals surface area (Å²) in [7, 11) is 0. The average molecular weight is 490 g/mol. The largest absolute Gasteiger partial charge is 0.598 e. The molecule has 34 heavy (non-hydrogen) atoms. The SMILES string of the molecule is CCCn1c(NC(=O)c2cc(C)nn2CC)nc2cc(C(N)=O)cc(OCCCN[S+](C)[O-])c21. The molecule has 1 aromatic carbocycles. The molecule has 0 aliphatic heterocycles. The first-order valence-corrected chi connectivity index (χ1v) is 12.7. The molecule has 11 nitrogen and oxygen atoms in total. The summed E-state index contributed by atoms with van der Waals surface area (Å²) in [6.07, 6.45) is 2.95. The Morgan fingerprint density at radius 2 is 2.03 bits per heavy atom. The van der Waals surface area contributed by atoms with Crippen molar-refractivity contribution < 1.29 is 18.9 Å². The number of nitrogens with zero attached hydrogens (tertiary/aromatic N) is 4. The molecule has 3 aromatic rings. The van der Waals surface area contributed by atoms with Crippen molar-refractivity contribution in [1.29, 1.82) is 0 Å². The molecule has 0 aliphatic rings. The number of aryl methyl sites for hydroxylation is 3. The third-order valence-corrected chi connectivity index (χ3v) is 5.69. The molecular formula is C22H31N7O4S. The van der Waals surface area contributed by atoms with Crippen LogP contribution in [0.2, 0.25) is 0 Å². The Balaban J connectivity index is 1.97. The zero-order valence-electron chi connectivity index (χ0n) is 19.9. The number of aromatic nitrogens is 4. The van der Waals surface area contributed by atoms with E-state index in [9.17, 15) is 14.1 Å². The van der Waals surface area contributed by atoms with Crippen molar-refractivity contribution >= 4 is 40.2 Å². The van der Waals surface area contributed by atoms with Gasteiger partial charge in [0, 0.05) is 36.6 Å². The molecule has 2 aromatic heterocycles. The van der Waals surface area contributed by atoms with Crippen molar-refractivity contribution in [2.24, 2.45) is 5.73 Å². The maximum atomic E-state index is 13.0. The summed E-state index contributed by atoms with van der Waals surface area (Å²) >= 11 is -1.10. The van der Waals surface area contributed by atoms with Crippen LogP contribution in [0.1, 0.15) is 53.2 Å². The molecule has 12 heteroatoms. The van der Waals surface area contributed by atoms with E-state index in [1.54, 1.807) is 29.1 Å². The first kappa shape index (κ1) is 25.5. The second-order valence-electron chi connectivity index (χ2n) is 7.78. The van der Waals surface area contributed by atoms with Gasteiger partial charge in [-0.1, -0.05) is 6.92 Å². The Morgan fingerprint density at radius 3 is 2.68 bits per heavy atom. The van der Waals surface area contributed by atoms with Crippen molar-refractivity contribution in [2.45, 2.75) is 46.7 Å². The second kappa shape index (κ2) is 11.4. The highest BCUT2D eigenvalue weighted by Gasteiger charge is 2.21. The quantitative estimate of drug-likeness (QED) is 0.260. The lowest BCUT2D eigenvalue weighted by Crippen LogP contribution is -2.24. The monoisotopic (exact) mass is 489 g/mol. The van der Waals surface area contributed by atoms with E-state index >= 15 is 0 Å². The van der Waals surface area contributed by atoms with Crippen molar-refractivity contribution in [2.75, 3.05) is 24.7 Å². The number of fused-ring (bicyclic) bond motifs is 1. The number of rotatable bonds is 12. The second-order valence-corrected chi connectivity index (χ2v) is 8.98. The van der Waals surface area contributed by atoms with Gasteiger partial charge in [-0.3, -0.25) is 19.6 Å². The van der Waals surface area contributed by atoms with Gasteiger partial charge in [-0.25, -0.2) is 4.98 Å².